The van der Waals surface area contributed by atoms with Crippen LogP contribution in [-0.2, 0) is 16.0 Å². The largest absolute Gasteiger partial charge is 0.348 e. The van der Waals surface area contributed by atoms with Crippen molar-refractivity contribution in [3.63, 3.8) is 0 Å². The van der Waals surface area contributed by atoms with E-state index < -0.39 is 17.9 Å². The van der Waals surface area contributed by atoms with E-state index in [2.05, 4.69) is 28.3 Å². The van der Waals surface area contributed by atoms with Gasteiger partial charge in [0, 0.05) is 24.4 Å². The number of aromatic amines is 1. The second-order valence-corrected chi connectivity index (χ2v) is 7.53. The van der Waals surface area contributed by atoms with Gasteiger partial charge in [0.2, 0.25) is 5.91 Å². The predicted octanol–water partition coefficient (Wildman–Crippen LogP) is 4.51. The molecular weight excluding hydrogens is 376 g/mol. The highest BCUT2D eigenvalue weighted by atomic mass is 16.2. The fourth-order valence-electron chi connectivity index (χ4n) is 3.00. The lowest BCUT2D eigenvalue weighted by Gasteiger charge is -2.08. The van der Waals surface area contributed by atoms with Gasteiger partial charge in [-0.1, -0.05) is 88.7 Å². The third-order valence-corrected chi connectivity index (χ3v) is 4.77. The van der Waals surface area contributed by atoms with Crippen LogP contribution in [0.1, 0.15) is 76.8 Å². The number of rotatable bonds is 16. The van der Waals surface area contributed by atoms with Crippen LogP contribution in [0.25, 0.3) is 0 Å². The zero-order valence-electron chi connectivity index (χ0n) is 18.3. The molecule has 166 valence electrons. The molecule has 1 aromatic rings. The number of allylic oxidation sites excluding steroid dienone is 5. The second kappa shape index (κ2) is 17.4. The summed E-state index contributed by atoms with van der Waals surface area (Å²) in [6.45, 7) is 2.25. The molecule has 0 saturated carbocycles. The molecule has 0 spiro atoms. The summed E-state index contributed by atoms with van der Waals surface area (Å²) < 4.78 is 0. The van der Waals surface area contributed by atoms with E-state index in [0.29, 0.717) is 6.42 Å². The molecule has 0 fully saturated rings. The summed E-state index contributed by atoms with van der Waals surface area (Å²) in [6.07, 6.45) is 27.2. The summed E-state index contributed by atoms with van der Waals surface area (Å²) in [5, 5.41) is 2.27. The van der Waals surface area contributed by atoms with Gasteiger partial charge in [-0.15, -0.1) is 0 Å². The highest BCUT2D eigenvalue weighted by Crippen LogP contribution is 2.10. The number of H-pyrrole nitrogens is 1. The van der Waals surface area contributed by atoms with Crippen LogP contribution in [0.3, 0.4) is 0 Å². The SMILES string of the molecule is CCCCCCCCCCCC=CC=CC=CC(=O)NC(=O)[C@@H](N)Cc1cnc[nH]1. The number of hydrogen-bond acceptors (Lipinski definition) is 4. The lowest BCUT2D eigenvalue weighted by atomic mass is 10.1. The van der Waals surface area contributed by atoms with E-state index in [0.717, 1.165) is 12.1 Å². The normalized spacial score (nSPS) is 12.9. The molecule has 30 heavy (non-hydrogen) atoms. The van der Waals surface area contributed by atoms with Gasteiger partial charge in [-0.25, -0.2) is 4.98 Å². The fourth-order valence-corrected chi connectivity index (χ4v) is 3.00. The molecule has 0 aromatic carbocycles. The van der Waals surface area contributed by atoms with Gasteiger partial charge in [0.05, 0.1) is 12.4 Å². The van der Waals surface area contributed by atoms with Crippen molar-refractivity contribution in [1.29, 1.82) is 0 Å². The molecular formula is C24H38N4O2. The minimum absolute atomic E-state index is 0.298. The van der Waals surface area contributed by atoms with Crippen LogP contribution in [0.4, 0.5) is 0 Å². The highest BCUT2D eigenvalue weighted by Gasteiger charge is 2.16. The number of imidazole rings is 1. The lowest BCUT2D eigenvalue weighted by Crippen LogP contribution is -2.44. The molecule has 4 N–H and O–H groups in total. The van der Waals surface area contributed by atoms with Gasteiger partial charge >= 0.3 is 0 Å². The number of amides is 2. The van der Waals surface area contributed by atoms with Crippen molar-refractivity contribution in [2.75, 3.05) is 0 Å². The maximum Gasteiger partial charge on any atom is 0.250 e. The molecule has 1 atom stereocenters. The molecule has 6 heteroatoms. The van der Waals surface area contributed by atoms with Crippen molar-refractivity contribution in [2.45, 2.75) is 83.6 Å². The van der Waals surface area contributed by atoms with Gasteiger partial charge in [0.25, 0.3) is 5.91 Å². The molecule has 0 bridgehead atoms. The average molecular weight is 415 g/mol. The third-order valence-electron chi connectivity index (χ3n) is 4.77. The van der Waals surface area contributed by atoms with Crippen molar-refractivity contribution in [3.8, 4) is 0 Å². The Bertz CT molecular complexity index is 663. The van der Waals surface area contributed by atoms with E-state index in [1.165, 1.54) is 70.2 Å². The van der Waals surface area contributed by atoms with Crippen molar-refractivity contribution in [2.24, 2.45) is 5.73 Å². The standard InChI is InChI=1S/C24H38N4O2/c1-2-3-4-5-6-7-8-9-10-11-12-13-14-15-16-17-23(29)28-24(30)22(25)18-21-19-26-20-27-21/h12-17,19-20,22H,2-11,18,25H2,1H3,(H,26,27)(H,28,29,30)/t22-/m0/s1. The molecule has 1 heterocycles. The molecule has 0 aliphatic rings. The summed E-state index contributed by atoms with van der Waals surface area (Å²) in [4.78, 5) is 30.4. The number of imide groups is 1. The van der Waals surface area contributed by atoms with E-state index in [-0.39, 0.29) is 0 Å². The van der Waals surface area contributed by atoms with Crippen LogP contribution in [0.15, 0.2) is 49.0 Å². The number of nitrogens with one attached hydrogen (secondary N) is 2. The van der Waals surface area contributed by atoms with Crippen LogP contribution < -0.4 is 11.1 Å². The first-order chi connectivity index (χ1) is 14.6. The zero-order valence-corrected chi connectivity index (χ0v) is 18.3. The summed E-state index contributed by atoms with van der Waals surface area (Å²) in [7, 11) is 0. The third kappa shape index (κ3) is 13.7. The maximum absolute atomic E-state index is 11.9. The summed E-state index contributed by atoms with van der Waals surface area (Å²) in [5.41, 5.74) is 6.53. The van der Waals surface area contributed by atoms with Crippen molar-refractivity contribution in [1.82, 2.24) is 15.3 Å². The Morgan fingerprint density at radius 1 is 1.03 bits per heavy atom. The lowest BCUT2D eigenvalue weighted by molar-refractivity contribution is -0.128. The number of nitrogens with zero attached hydrogens (tertiary/aromatic N) is 1. The molecule has 0 unspecified atom stereocenters. The first kappa shape index (κ1) is 25.6. The van der Waals surface area contributed by atoms with Gasteiger partial charge < -0.3 is 10.7 Å². The molecule has 0 saturated heterocycles. The predicted molar refractivity (Wildman–Crippen MR) is 123 cm³/mol. The molecule has 0 radical (unpaired) electrons. The molecule has 2 amide bonds. The Hall–Kier alpha value is -2.47. The van der Waals surface area contributed by atoms with Gasteiger partial charge in [-0.3, -0.25) is 14.9 Å². The Morgan fingerprint density at radius 3 is 2.37 bits per heavy atom. The van der Waals surface area contributed by atoms with Gasteiger partial charge in [-0.2, -0.15) is 0 Å². The smallest absolute Gasteiger partial charge is 0.250 e. The molecule has 1 aromatic heterocycles. The Morgan fingerprint density at radius 2 is 1.70 bits per heavy atom. The monoisotopic (exact) mass is 414 g/mol. The van der Waals surface area contributed by atoms with E-state index in [9.17, 15) is 9.59 Å². The number of aromatic nitrogens is 2. The zero-order chi connectivity index (χ0) is 21.9. The van der Waals surface area contributed by atoms with Gasteiger partial charge in [0.1, 0.15) is 0 Å². The molecule has 1 rings (SSSR count). The number of hydrogen-bond donors (Lipinski definition) is 3. The highest BCUT2D eigenvalue weighted by molar-refractivity contribution is 6.02. The van der Waals surface area contributed by atoms with Crippen LogP contribution in [-0.4, -0.2) is 27.8 Å². The second-order valence-electron chi connectivity index (χ2n) is 7.53. The first-order valence-electron chi connectivity index (χ1n) is 11.2. The van der Waals surface area contributed by atoms with E-state index >= 15 is 0 Å². The number of nitrogens with two attached hydrogens (primary N) is 1. The average Bonchev–Trinajstić information content (AvgIpc) is 3.23. The Kier molecular flexibility index (Phi) is 14.8. The van der Waals surface area contributed by atoms with Crippen LogP contribution in [0.2, 0.25) is 0 Å². The first-order valence-corrected chi connectivity index (χ1v) is 11.2. The molecule has 0 aliphatic carbocycles. The van der Waals surface area contributed by atoms with Gasteiger partial charge in [0.15, 0.2) is 0 Å². The van der Waals surface area contributed by atoms with Crippen molar-refractivity contribution < 1.29 is 9.59 Å². The summed E-state index contributed by atoms with van der Waals surface area (Å²) in [6, 6.07) is -0.803. The van der Waals surface area contributed by atoms with Crippen LogP contribution in [0, 0.1) is 0 Å². The number of unbranched alkanes of at least 4 members (excludes halogenated alkanes) is 9. The van der Waals surface area contributed by atoms with E-state index in [4.69, 9.17) is 5.73 Å². The van der Waals surface area contributed by atoms with Crippen molar-refractivity contribution >= 4 is 11.8 Å². The molecule has 6 nitrogen and oxygen atoms in total. The Balaban J connectivity index is 2.05. The Labute approximate surface area is 181 Å². The minimum Gasteiger partial charge on any atom is -0.348 e. The minimum atomic E-state index is -0.803. The quantitative estimate of drug-likeness (QED) is 0.210. The topological polar surface area (TPSA) is 101 Å². The number of carbonyl (C=O) groups excluding carboxylic acids is 2. The fraction of sp³-hybridized carbons (Fsp3) is 0.542. The van der Waals surface area contributed by atoms with Crippen molar-refractivity contribution in [3.05, 3.63) is 54.7 Å². The number of carbonyl (C=O) groups is 2. The summed E-state index contributed by atoms with van der Waals surface area (Å²) >= 11 is 0. The molecule has 0 aliphatic heterocycles. The maximum atomic E-state index is 11.9. The summed E-state index contributed by atoms with van der Waals surface area (Å²) in [5.74, 6) is -0.993. The van der Waals surface area contributed by atoms with Crippen LogP contribution in [0.5, 0.6) is 0 Å². The van der Waals surface area contributed by atoms with Crippen LogP contribution >= 0.6 is 0 Å². The van der Waals surface area contributed by atoms with Gasteiger partial charge in [-0.05, 0) is 12.8 Å². The van der Waals surface area contributed by atoms with E-state index in [1.54, 1.807) is 18.3 Å². The van der Waals surface area contributed by atoms with E-state index in [1.807, 2.05) is 12.2 Å².